The molecule has 0 aliphatic heterocycles. The van der Waals surface area contributed by atoms with Gasteiger partial charge >= 0.3 is 5.97 Å². The second-order valence-corrected chi connectivity index (χ2v) is 8.06. The minimum atomic E-state index is -1.25. The maximum absolute atomic E-state index is 12.6. The van der Waals surface area contributed by atoms with Crippen molar-refractivity contribution in [3.8, 4) is 16.9 Å². The number of hydrogen-bond acceptors (Lipinski definition) is 6. The molecule has 34 heavy (non-hydrogen) atoms. The Balaban J connectivity index is 1.83. The number of benzene rings is 2. The van der Waals surface area contributed by atoms with Gasteiger partial charge in [-0.1, -0.05) is 53.5 Å². The molecule has 0 saturated carbocycles. The van der Waals surface area contributed by atoms with Crippen molar-refractivity contribution in [3.05, 3.63) is 80.2 Å². The van der Waals surface area contributed by atoms with Gasteiger partial charge in [-0.25, -0.2) is 9.48 Å². The van der Waals surface area contributed by atoms with Crippen molar-refractivity contribution in [2.24, 2.45) is 7.05 Å². The number of ether oxygens (including phenoxy) is 1. The van der Waals surface area contributed by atoms with Gasteiger partial charge in [0.05, 0.1) is 34.0 Å². The van der Waals surface area contributed by atoms with Crippen LogP contribution in [0.1, 0.15) is 15.9 Å². The molecule has 0 radical (unpaired) electrons. The van der Waals surface area contributed by atoms with Crippen LogP contribution in [0.4, 0.5) is 0 Å². The largest absolute Gasteiger partial charge is 0.489 e. The number of nitrogens with one attached hydrogen (secondary N) is 1. The first-order valence-corrected chi connectivity index (χ1v) is 10.9. The monoisotopic (exact) mass is 505 g/mol. The Morgan fingerprint density at radius 2 is 1.79 bits per heavy atom. The maximum atomic E-state index is 12.6. The number of aliphatic carboxylic acids is 1. The average Bonchev–Trinajstić information content (AvgIpc) is 2.80. The van der Waals surface area contributed by atoms with Crippen LogP contribution in [0.15, 0.2) is 53.5 Å². The Kier molecular flexibility index (Phi) is 8.27. The number of nitrogens with zero attached hydrogens (tertiary/aromatic N) is 2. The van der Waals surface area contributed by atoms with Gasteiger partial charge in [0.2, 0.25) is 0 Å². The molecule has 0 aliphatic carbocycles. The van der Waals surface area contributed by atoms with Crippen molar-refractivity contribution >= 4 is 35.1 Å². The Hall–Kier alpha value is -3.40. The van der Waals surface area contributed by atoms with Crippen LogP contribution < -0.4 is 15.6 Å². The summed E-state index contributed by atoms with van der Waals surface area (Å²) in [6.07, 6.45) is 1.36. The van der Waals surface area contributed by atoms with Crippen molar-refractivity contribution in [1.82, 2.24) is 15.1 Å². The summed E-state index contributed by atoms with van der Waals surface area (Å²) in [5.41, 5.74) is 0.990. The molecule has 1 heterocycles. The molecule has 1 amide bonds. The van der Waals surface area contributed by atoms with E-state index in [4.69, 9.17) is 33.0 Å². The first kappa shape index (κ1) is 25.2. The molecule has 3 rings (SSSR count). The molecule has 0 fully saturated rings. The van der Waals surface area contributed by atoms with Gasteiger partial charge in [-0.05, 0) is 23.3 Å². The smallest absolute Gasteiger partial charge is 0.326 e. The zero-order valence-corrected chi connectivity index (χ0v) is 19.5. The van der Waals surface area contributed by atoms with Crippen molar-refractivity contribution in [2.75, 3.05) is 13.2 Å². The summed E-state index contributed by atoms with van der Waals surface area (Å²) >= 11 is 12.1. The lowest BCUT2D eigenvalue weighted by Gasteiger charge is -2.16. The number of rotatable bonds is 9. The van der Waals surface area contributed by atoms with E-state index in [9.17, 15) is 19.5 Å². The molecule has 0 bridgehead atoms. The molecule has 11 heteroatoms. The summed E-state index contributed by atoms with van der Waals surface area (Å²) in [6.45, 7) is -0.231. The number of hydrogen-bond donors (Lipinski definition) is 3. The third-order valence-electron chi connectivity index (χ3n) is 4.93. The number of aliphatic hydroxyl groups is 1. The second-order valence-electron chi connectivity index (χ2n) is 7.25. The van der Waals surface area contributed by atoms with Gasteiger partial charge in [0.15, 0.2) is 5.75 Å². The molecule has 1 aromatic heterocycles. The predicted molar refractivity (Wildman–Crippen MR) is 127 cm³/mol. The number of carboxylic acid groups (broad SMARTS) is 1. The van der Waals surface area contributed by atoms with Gasteiger partial charge in [-0.3, -0.25) is 9.59 Å². The van der Waals surface area contributed by atoms with Gasteiger partial charge in [-0.15, -0.1) is 0 Å². The highest BCUT2D eigenvalue weighted by Crippen LogP contribution is 2.27. The number of carboxylic acids is 1. The summed E-state index contributed by atoms with van der Waals surface area (Å²) < 4.78 is 6.59. The second kappa shape index (κ2) is 11.1. The van der Waals surface area contributed by atoms with Crippen LogP contribution >= 0.6 is 23.2 Å². The zero-order chi connectivity index (χ0) is 24.8. The fraction of sp³-hybridized carbons (Fsp3) is 0.217. The minimum absolute atomic E-state index is 0.00336. The summed E-state index contributed by atoms with van der Waals surface area (Å²) in [6, 6.07) is 9.88. The number of amides is 1. The van der Waals surface area contributed by atoms with E-state index in [-0.39, 0.29) is 46.6 Å². The number of carbonyl (C=O) groups is 2. The van der Waals surface area contributed by atoms with E-state index in [0.717, 1.165) is 4.68 Å². The SMILES string of the molecule is Cn1ncc(OCCO)c(-c2ccc(C[C@H](NC(=O)c3c(Cl)cccc3Cl)C(=O)O)cc2)c1=O. The highest BCUT2D eigenvalue weighted by Gasteiger charge is 2.24. The molecule has 178 valence electrons. The first-order valence-electron chi connectivity index (χ1n) is 10.1. The van der Waals surface area contributed by atoms with Crippen molar-refractivity contribution < 1.29 is 24.5 Å². The fourth-order valence-corrected chi connectivity index (χ4v) is 3.81. The standard InChI is InChI=1S/C23H21Cl2N3O6/c1-28-22(31)19(18(12-26-28)34-10-9-29)14-7-5-13(6-8-14)11-17(23(32)33)27-21(30)20-15(24)3-2-4-16(20)25/h2-8,12,17,29H,9-11H2,1H3,(H,27,30)(H,32,33)/t17-/m0/s1. The molecule has 9 nitrogen and oxygen atoms in total. The van der Waals surface area contributed by atoms with Crippen LogP contribution in [0.5, 0.6) is 5.75 Å². The third kappa shape index (κ3) is 5.74. The van der Waals surface area contributed by atoms with E-state index >= 15 is 0 Å². The summed E-state index contributed by atoms with van der Waals surface area (Å²) in [4.78, 5) is 37.0. The number of halogens is 2. The van der Waals surface area contributed by atoms with E-state index in [1.165, 1.54) is 25.4 Å². The molecule has 0 saturated heterocycles. The fourth-order valence-electron chi connectivity index (χ4n) is 3.24. The Morgan fingerprint density at radius 1 is 1.15 bits per heavy atom. The molecule has 0 unspecified atom stereocenters. The number of aryl methyl sites for hydroxylation is 1. The molecule has 2 aromatic carbocycles. The molecule has 1 atom stereocenters. The van der Waals surface area contributed by atoms with Crippen LogP contribution in [0.25, 0.3) is 11.1 Å². The summed E-state index contributed by atoms with van der Waals surface area (Å²) in [5.74, 6) is -1.72. The summed E-state index contributed by atoms with van der Waals surface area (Å²) in [5, 5.41) is 25.2. The van der Waals surface area contributed by atoms with Crippen molar-refractivity contribution in [3.63, 3.8) is 0 Å². The number of carbonyl (C=O) groups excluding carboxylic acids is 1. The Bertz CT molecular complexity index is 1240. The minimum Gasteiger partial charge on any atom is -0.489 e. The third-order valence-corrected chi connectivity index (χ3v) is 5.56. The lowest BCUT2D eigenvalue weighted by atomic mass is 10.0. The van der Waals surface area contributed by atoms with E-state index in [0.29, 0.717) is 11.1 Å². The van der Waals surface area contributed by atoms with E-state index in [1.54, 1.807) is 30.3 Å². The van der Waals surface area contributed by atoms with Gasteiger partial charge in [0.25, 0.3) is 11.5 Å². The van der Waals surface area contributed by atoms with Crippen LogP contribution in [0.3, 0.4) is 0 Å². The molecule has 0 spiro atoms. The molecule has 3 N–H and O–H groups in total. The number of aromatic nitrogens is 2. The maximum Gasteiger partial charge on any atom is 0.326 e. The Labute approximate surface area is 204 Å². The van der Waals surface area contributed by atoms with Crippen LogP contribution in [0, 0.1) is 0 Å². The lowest BCUT2D eigenvalue weighted by molar-refractivity contribution is -0.139. The zero-order valence-electron chi connectivity index (χ0n) is 18.0. The van der Waals surface area contributed by atoms with Crippen LogP contribution in [-0.2, 0) is 18.3 Å². The van der Waals surface area contributed by atoms with Gasteiger partial charge in [0, 0.05) is 13.5 Å². The lowest BCUT2D eigenvalue weighted by Crippen LogP contribution is -2.42. The van der Waals surface area contributed by atoms with Crippen LogP contribution in [0.2, 0.25) is 10.0 Å². The highest BCUT2D eigenvalue weighted by molar-refractivity contribution is 6.39. The van der Waals surface area contributed by atoms with Crippen LogP contribution in [-0.4, -0.2) is 51.1 Å². The molecule has 0 aliphatic rings. The molecular formula is C23H21Cl2N3O6. The molecular weight excluding hydrogens is 485 g/mol. The normalized spacial score (nSPS) is 11.6. The first-order chi connectivity index (χ1) is 16.2. The Morgan fingerprint density at radius 3 is 2.38 bits per heavy atom. The highest BCUT2D eigenvalue weighted by atomic mass is 35.5. The predicted octanol–water partition coefficient (Wildman–Crippen LogP) is 2.55. The van der Waals surface area contributed by atoms with Gasteiger partial charge < -0.3 is 20.3 Å². The van der Waals surface area contributed by atoms with Crippen molar-refractivity contribution in [1.29, 1.82) is 0 Å². The summed E-state index contributed by atoms with van der Waals surface area (Å²) in [7, 11) is 1.50. The van der Waals surface area contributed by atoms with E-state index in [2.05, 4.69) is 10.4 Å². The van der Waals surface area contributed by atoms with Gasteiger partial charge in [0.1, 0.15) is 12.6 Å². The number of aliphatic hydroxyl groups excluding tert-OH is 1. The van der Waals surface area contributed by atoms with Crippen molar-refractivity contribution in [2.45, 2.75) is 12.5 Å². The van der Waals surface area contributed by atoms with E-state index < -0.39 is 23.5 Å². The quantitative estimate of drug-likeness (QED) is 0.407. The average molecular weight is 506 g/mol. The molecule has 3 aromatic rings. The van der Waals surface area contributed by atoms with E-state index in [1.807, 2.05) is 0 Å². The van der Waals surface area contributed by atoms with Gasteiger partial charge in [-0.2, -0.15) is 5.10 Å². The topological polar surface area (TPSA) is 131 Å².